The maximum atomic E-state index is 13.0. The van der Waals surface area contributed by atoms with Gasteiger partial charge >= 0.3 is 0 Å². The third-order valence-corrected chi connectivity index (χ3v) is 7.41. The van der Waals surface area contributed by atoms with Crippen LogP contribution in [-0.2, 0) is 0 Å². The van der Waals surface area contributed by atoms with Crippen LogP contribution in [0.2, 0.25) is 0 Å². The van der Waals surface area contributed by atoms with E-state index in [0.29, 0.717) is 28.7 Å². The highest BCUT2D eigenvalue weighted by molar-refractivity contribution is 6.12. The van der Waals surface area contributed by atoms with Gasteiger partial charge in [-0.15, -0.1) is 0 Å². The van der Waals surface area contributed by atoms with Gasteiger partial charge in [0.15, 0.2) is 0 Å². The Balaban J connectivity index is 1.70. The fourth-order valence-corrected chi connectivity index (χ4v) is 6.12. The number of benzene rings is 2. The zero-order valence-electron chi connectivity index (χ0n) is 15.8. The number of phenols is 2. The van der Waals surface area contributed by atoms with Gasteiger partial charge in [-0.3, -0.25) is 4.79 Å². The highest BCUT2D eigenvalue weighted by atomic mass is 16.5. The highest BCUT2D eigenvalue weighted by Crippen LogP contribution is 2.74. The fourth-order valence-electron chi connectivity index (χ4n) is 6.12. The molecule has 140 valence electrons. The number of carbonyl (C=O) groups excluding carboxylic acids is 1. The third kappa shape index (κ3) is 1.96. The van der Waals surface area contributed by atoms with Crippen LogP contribution in [0.3, 0.4) is 0 Å². The highest BCUT2D eigenvalue weighted by Gasteiger charge is 2.69. The van der Waals surface area contributed by atoms with Gasteiger partial charge in [0.1, 0.15) is 28.4 Å². The summed E-state index contributed by atoms with van der Waals surface area (Å²) in [6, 6.07) is 10.3. The first-order valence-corrected chi connectivity index (χ1v) is 9.63. The van der Waals surface area contributed by atoms with E-state index in [0.717, 1.165) is 12.8 Å². The maximum absolute atomic E-state index is 13.0. The van der Waals surface area contributed by atoms with Crippen molar-refractivity contribution in [1.82, 2.24) is 0 Å². The van der Waals surface area contributed by atoms with Gasteiger partial charge in [-0.25, -0.2) is 0 Å². The number of hydrogen-bond acceptors (Lipinski definition) is 4. The molecule has 3 aliphatic rings. The van der Waals surface area contributed by atoms with Crippen LogP contribution in [0.5, 0.6) is 17.2 Å². The molecule has 4 heteroatoms. The molecule has 2 aromatic carbocycles. The second-order valence-electron chi connectivity index (χ2n) is 9.11. The van der Waals surface area contributed by atoms with Crippen LogP contribution in [0.15, 0.2) is 36.4 Å². The Hall–Kier alpha value is -2.49. The third-order valence-electron chi connectivity index (χ3n) is 7.41. The molecule has 0 bridgehead atoms. The van der Waals surface area contributed by atoms with Gasteiger partial charge in [-0.2, -0.15) is 0 Å². The standard InChI is InChI=1S/C23H24O4/c1-22(2)13-9-10-23(3)18(13)19(22)17-15(27-23)11-14(24)16(21(17)26)20(25)12-7-5-4-6-8-12/h4-8,11,13,18-19,24,26H,9-10H2,1-3H3/t13-,18+,19-,23+/m1/s1. The second kappa shape index (κ2) is 5.06. The Morgan fingerprint density at radius 2 is 1.85 bits per heavy atom. The summed E-state index contributed by atoms with van der Waals surface area (Å²) in [5.41, 5.74) is 0.878. The van der Waals surface area contributed by atoms with Crippen molar-refractivity contribution >= 4 is 5.78 Å². The summed E-state index contributed by atoms with van der Waals surface area (Å²) in [5, 5.41) is 21.7. The topological polar surface area (TPSA) is 66.8 Å². The summed E-state index contributed by atoms with van der Waals surface area (Å²) in [6.45, 7) is 6.62. The molecule has 4 nitrogen and oxygen atoms in total. The smallest absolute Gasteiger partial charge is 0.200 e. The normalized spacial score (nSPS) is 32.0. The first kappa shape index (κ1) is 16.7. The van der Waals surface area contributed by atoms with Gasteiger partial charge in [-0.05, 0) is 31.1 Å². The molecule has 2 aromatic rings. The zero-order valence-corrected chi connectivity index (χ0v) is 15.8. The summed E-state index contributed by atoms with van der Waals surface area (Å²) in [4.78, 5) is 13.0. The lowest BCUT2D eigenvalue weighted by Crippen LogP contribution is -2.59. The molecular formula is C23H24O4. The van der Waals surface area contributed by atoms with Crippen LogP contribution >= 0.6 is 0 Å². The fraction of sp³-hybridized carbons (Fsp3) is 0.435. The Labute approximate surface area is 158 Å². The van der Waals surface area contributed by atoms with E-state index in [9.17, 15) is 15.0 Å². The van der Waals surface area contributed by atoms with Gasteiger partial charge in [-0.1, -0.05) is 44.2 Å². The number of aromatic hydroxyl groups is 2. The number of fused-ring (bicyclic) bond motifs is 2. The number of phenolic OH excluding ortho intramolecular Hbond substituents is 2. The summed E-state index contributed by atoms with van der Waals surface area (Å²) >= 11 is 0. The van der Waals surface area contributed by atoms with E-state index in [1.807, 2.05) is 6.07 Å². The van der Waals surface area contributed by atoms with E-state index in [1.165, 1.54) is 6.07 Å². The van der Waals surface area contributed by atoms with Crippen molar-refractivity contribution in [2.45, 2.75) is 45.1 Å². The quantitative estimate of drug-likeness (QED) is 0.763. The van der Waals surface area contributed by atoms with Gasteiger partial charge in [0.2, 0.25) is 5.78 Å². The minimum absolute atomic E-state index is 0.0237. The average Bonchev–Trinajstić information content (AvgIpc) is 2.96. The van der Waals surface area contributed by atoms with E-state index in [-0.39, 0.29) is 39.8 Å². The Morgan fingerprint density at radius 1 is 1.15 bits per heavy atom. The van der Waals surface area contributed by atoms with Crippen LogP contribution < -0.4 is 4.74 Å². The van der Waals surface area contributed by atoms with Crippen LogP contribution in [-0.4, -0.2) is 21.6 Å². The first-order chi connectivity index (χ1) is 12.8. The molecule has 27 heavy (non-hydrogen) atoms. The summed E-state index contributed by atoms with van der Waals surface area (Å²) in [5.74, 6) is 0.825. The lowest BCUT2D eigenvalue weighted by Gasteiger charge is -2.62. The van der Waals surface area contributed by atoms with E-state index < -0.39 is 0 Å². The van der Waals surface area contributed by atoms with Crippen molar-refractivity contribution in [1.29, 1.82) is 0 Å². The Bertz CT molecular complexity index is 962. The zero-order chi connectivity index (χ0) is 19.1. The molecule has 2 saturated carbocycles. The summed E-state index contributed by atoms with van der Waals surface area (Å²) in [7, 11) is 0. The van der Waals surface area contributed by atoms with Crippen LogP contribution in [0, 0.1) is 17.3 Å². The van der Waals surface area contributed by atoms with Crippen molar-refractivity contribution < 1.29 is 19.7 Å². The molecule has 2 fully saturated rings. The number of ketones is 1. The van der Waals surface area contributed by atoms with Crippen LogP contribution in [0.4, 0.5) is 0 Å². The van der Waals surface area contributed by atoms with Crippen molar-refractivity contribution in [2.24, 2.45) is 17.3 Å². The molecule has 0 saturated heterocycles. The molecule has 0 amide bonds. The summed E-state index contributed by atoms with van der Waals surface area (Å²) in [6.07, 6.45) is 2.09. The van der Waals surface area contributed by atoms with Crippen LogP contribution in [0.25, 0.3) is 0 Å². The van der Waals surface area contributed by atoms with Gasteiger partial charge in [0.25, 0.3) is 0 Å². The van der Waals surface area contributed by atoms with Crippen molar-refractivity contribution in [2.75, 3.05) is 0 Å². The number of rotatable bonds is 2. The molecule has 4 atom stereocenters. The van der Waals surface area contributed by atoms with E-state index in [1.54, 1.807) is 24.3 Å². The lowest BCUT2D eigenvalue weighted by atomic mass is 9.45. The SMILES string of the molecule is CC1(C)[C@@H]2CC[C@]3(C)Oc4cc(O)c(C(=O)c5ccccc5)c(O)c4[C@@H]1[C@H]23. The molecule has 0 aromatic heterocycles. The molecule has 5 rings (SSSR count). The molecule has 0 spiro atoms. The van der Waals surface area contributed by atoms with Crippen molar-refractivity contribution in [3.05, 3.63) is 53.1 Å². The lowest BCUT2D eigenvalue weighted by molar-refractivity contribution is -0.121. The van der Waals surface area contributed by atoms with Crippen LogP contribution in [0.1, 0.15) is 61.0 Å². The number of carbonyl (C=O) groups is 1. The second-order valence-corrected chi connectivity index (χ2v) is 9.11. The molecule has 0 unspecified atom stereocenters. The predicted molar refractivity (Wildman–Crippen MR) is 101 cm³/mol. The predicted octanol–water partition coefficient (Wildman–Crippen LogP) is 4.63. The number of ether oxygens (including phenoxy) is 1. The molecular weight excluding hydrogens is 340 g/mol. The van der Waals surface area contributed by atoms with E-state index in [4.69, 9.17) is 4.74 Å². The molecule has 1 aliphatic heterocycles. The average molecular weight is 364 g/mol. The molecule has 1 heterocycles. The number of hydrogen-bond donors (Lipinski definition) is 2. The first-order valence-electron chi connectivity index (χ1n) is 9.63. The minimum atomic E-state index is -0.373. The molecule has 0 radical (unpaired) electrons. The van der Waals surface area contributed by atoms with Gasteiger partial charge in [0, 0.05) is 29.0 Å². The summed E-state index contributed by atoms with van der Waals surface area (Å²) < 4.78 is 6.31. The minimum Gasteiger partial charge on any atom is -0.507 e. The Morgan fingerprint density at radius 3 is 2.56 bits per heavy atom. The van der Waals surface area contributed by atoms with E-state index in [2.05, 4.69) is 20.8 Å². The maximum Gasteiger partial charge on any atom is 0.200 e. The molecule has 2 aliphatic carbocycles. The monoisotopic (exact) mass is 364 g/mol. The van der Waals surface area contributed by atoms with Gasteiger partial charge < -0.3 is 14.9 Å². The van der Waals surface area contributed by atoms with Gasteiger partial charge in [0.05, 0.1) is 0 Å². The van der Waals surface area contributed by atoms with Crippen molar-refractivity contribution in [3.8, 4) is 17.2 Å². The Kier molecular flexibility index (Phi) is 3.12. The van der Waals surface area contributed by atoms with E-state index >= 15 is 0 Å². The largest absolute Gasteiger partial charge is 0.507 e. The molecule has 2 N–H and O–H groups in total. The van der Waals surface area contributed by atoms with Crippen molar-refractivity contribution in [3.63, 3.8) is 0 Å².